The van der Waals surface area contributed by atoms with E-state index in [4.69, 9.17) is 0 Å². The van der Waals surface area contributed by atoms with Crippen LogP contribution < -0.4 is 15.4 Å². The number of Topliss-reactive ketones (excluding diaryl/α,β-unsaturated/α-hetero) is 1. The number of hydrogen-bond acceptors (Lipinski definition) is 4. The largest absolute Gasteiger partial charge is 0.573 e. The van der Waals surface area contributed by atoms with Crippen LogP contribution in [-0.4, -0.2) is 31.1 Å². The molecule has 65 heavy (non-hydrogen) atoms. The van der Waals surface area contributed by atoms with Crippen LogP contribution in [0.15, 0.2) is 60.2 Å². The number of hydrogen-bond donors (Lipinski definition) is 2. The molecule has 3 unspecified atom stereocenters. The zero-order valence-corrected chi connectivity index (χ0v) is 43.0. The summed E-state index contributed by atoms with van der Waals surface area (Å²) in [4.78, 5) is 26.1. The van der Waals surface area contributed by atoms with E-state index in [-0.39, 0.29) is 17.6 Å². The minimum atomic E-state index is -4.75. The van der Waals surface area contributed by atoms with E-state index in [1.807, 2.05) is 13.8 Å². The molecule has 0 spiro atoms. The molecule has 1 saturated carbocycles. The number of allylic oxidation sites excluding steroid dienone is 4. The fourth-order valence-corrected chi connectivity index (χ4v) is 8.01. The van der Waals surface area contributed by atoms with Crippen LogP contribution in [-0.2, 0) is 4.79 Å². The Morgan fingerprint density at radius 3 is 2.05 bits per heavy atom. The molecule has 1 heterocycles. The summed E-state index contributed by atoms with van der Waals surface area (Å²) in [5.41, 5.74) is 6.17. The van der Waals surface area contributed by atoms with E-state index in [9.17, 15) is 22.8 Å². The highest BCUT2D eigenvalue weighted by Gasteiger charge is 2.39. The smallest absolute Gasteiger partial charge is 0.406 e. The minimum absolute atomic E-state index is 0.0170. The fraction of sp³-hybridized carbons (Fsp3) is 0.649. The lowest BCUT2D eigenvalue weighted by Crippen LogP contribution is -2.39. The molecule has 2 aliphatic rings. The second-order valence-electron chi connectivity index (χ2n) is 18.9. The van der Waals surface area contributed by atoms with Crippen molar-refractivity contribution in [2.24, 2.45) is 23.2 Å². The number of nitrogens with one attached hydrogen (secondary N) is 2. The summed E-state index contributed by atoms with van der Waals surface area (Å²) in [6, 6.07) is 9.92. The molecule has 1 amide bonds. The third-order valence-electron chi connectivity index (χ3n) is 12.7. The van der Waals surface area contributed by atoms with Crippen LogP contribution in [0, 0.1) is 37.0 Å². The maximum Gasteiger partial charge on any atom is 0.573 e. The number of carbonyl (C=O) groups excluding carboxylic acids is 2. The Kier molecular flexibility index (Phi) is 30.1. The summed E-state index contributed by atoms with van der Waals surface area (Å²) in [6.07, 6.45) is 24.1. The highest BCUT2D eigenvalue weighted by atomic mass is 19.4. The monoisotopic (exact) mass is 909 g/mol. The molecular formula is C57H91F3N2O3. The lowest BCUT2D eigenvalue weighted by atomic mass is 9.73. The van der Waals surface area contributed by atoms with Gasteiger partial charge in [-0.3, -0.25) is 9.59 Å². The molecule has 1 fully saturated rings. The van der Waals surface area contributed by atoms with Crippen molar-refractivity contribution >= 4 is 23.5 Å². The Labute approximate surface area is 395 Å². The van der Waals surface area contributed by atoms with Gasteiger partial charge in [0.1, 0.15) is 5.75 Å². The first-order valence-corrected chi connectivity index (χ1v) is 25.4. The van der Waals surface area contributed by atoms with Gasteiger partial charge in [0.15, 0.2) is 5.78 Å². The molecule has 8 heteroatoms. The van der Waals surface area contributed by atoms with Gasteiger partial charge in [0.05, 0.1) is 0 Å². The summed E-state index contributed by atoms with van der Waals surface area (Å²) < 4.78 is 41.8. The zero-order chi connectivity index (χ0) is 48.8. The van der Waals surface area contributed by atoms with E-state index in [2.05, 4.69) is 121 Å². The van der Waals surface area contributed by atoms with Crippen LogP contribution in [0.2, 0.25) is 0 Å². The summed E-state index contributed by atoms with van der Waals surface area (Å²) in [5, 5.41) is 6.47. The van der Waals surface area contributed by atoms with Crippen molar-refractivity contribution in [3.63, 3.8) is 0 Å². The van der Waals surface area contributed by atoms with E-state index < -0.39 is 11.8 Å². The van der Waals surface area contributed by atoms with Crippen LogP contribution in [0.5, 0.6) is 5.75 Å². The number of alkyl halides is 3. The number of carbonyl (C=O) groups is 2. The van der Waals surface area contributed by atoms with E-state index >= 15 is 0 Å². The third kappa shape index (κ3) is 23.6. The van der Waals surface area contributed by atoms with Gasteiger partial charge in [-0.15, -0.1) is 13.2 Å². The van der Waals surface area contributed by atoms with Crippen molar-refractivity contribution < 1.29 is 27.5 Å². The summed E-state index contributed by atoms with van der Waals surface area (Å²) >= 11 is 0. The van der Waals surface area contributed by atoms with Gasteiger partial charge in [0.2, 0.25) is 5.91 Å². The number of aryl methyl sites for hydroxylation is 2. The van der Waals surface area contributed by atoms with Gasteiger partial charge in [-0.2, -0.15) is 0 Å². The Hall–Kier alpha value is -3.65. The maximum atomic E-state index is 13.3. The first-order valence-electron chi connectivity index (χ1n) is 25.4. The second kappa shape index (κ2) is 32.9. The van der Waals surface area contributed by atoms with Gasteiger partial charge in [-0.05, 0) is 163 Å². The van der Waals surface area contributed by atoms with E-state index in [0.717, 1.165) is 101 Å². The van der Waals surface area contributed by atoms with Crippen molar-refractivity contribution in [1.29, 1.82) is 0 Å². The van der Waals surface area contributed by atoms with Gasteiger partial charge in [-0.25, -0.2) is 0 Å². The van der Waals surface area contributed by atoms with Crippen LogP contribution in [0.4, 0.5) is 13.2 Å². The Bertz CT molecular complexity index is 1710. The lowest BCUT2D eigenvalue weighted by molar-refractivity contribution is -0.274. The van der Waals surface area contributed by atoms with Gasteiger partial charge in [0, 0.05) is 28.2 Å². The maximum absolute atomic E-state index is 13.3. The Morgan fingerprint density at radius 1 is 0.862 bits per heavy atom. The quantitative estimate of drug-likeness (QED) is 0.0702. The normalized spacial score (nSPS) is 17.2. The average Bonchev–Trinajstić information content (AvgIpc) is 3.35. The van der Waals surface area contributed by atoms with Crippen LogP contribution in [0.3, 0.4) is 0 Å². The van der Waals surface area contributed by atoms with Crippen molar-refractivity contribution in [3.05, 3.63) is 88.0 Å². The molecular weight excluding hydrogens is 818 g/mol. The SMILES string of the molecule is C/C=C/c1c(C)cc(C(=O)C(CC)CCCNCCC)cc1C.C1CCC1.CCCC/C=C\C(C)C.CCCC1(CCC(C)CC)CCC(C)=C(c2cccc(OC(F)(F)F)c2)NC1=O. The number of ether oxygens (including phenoxy) is 1. The minimum Gasteiger partial charge on any atom is -0.406 e. The molecule has 0 saturated heterocycles. The molecule has 2 N–H and O–H groups in total. The topological polar surface area (TPSA) is 67.4 Å². The van der Waals surface area contributed by atoms with Crippen LogP contribution in [0.25, 0.3) is 11.8 Å². The van der Waals surface area contributed by atoms with E-state index in [1.54, 1.807) is 6.07 Å². The fourth-order valence-electron chi connectivity index (χ4n) is 8.01. The number of benzene rings is 2. The average molecular weight is 909 g/mol. The third-order valence-corrected chi connectivity index (χ3v) is 12.7. The second-order valence-corrected chi connectivity index (χ2v) is 18.9. The number of amides is 1. The molecule has 368 valence electrons. The molecule has 0 radical (unpaired) electrons. The molecule has 5 nitrogen and oxygen atoms in total. The molecule has 3 atom stereocenters. The predicted octanol–water partition coefficient (Wildman–Crippen LogP) is 17.1. The standard InChI is InChI=1S/C23H32F3NO2.C21H33NO.C9H18.C4H8/c1-5-12-22(13-10-16(3)6-2)14-11-17(4)20(27-21(22)28)18-8-7-9-19(15-18)29-23(24,25)26;1-6-10-20-16(4)14-19(15-17(20)5)21(23)18(8-3)11-9-13-22-12-7-2;1-4-5-6-7-8-9(2)3;1-2-4-3-1/h7-9,15-16H,5-6,10-14H2,1-4H3,(H,27,28);6,10,14-15,18,22H,7-9,11-13H2,1-5H3;7-9H,4-6H2,1-3H3;1-4H2/b;10-6+;8-7-;. The first kappa shape index (κ1) is 59.4. The molecule has 2 aromatic rings. The zero-order valence-electron chi connectivity index (χ0n) is 43.0. The lowest BCUT2D eigenvalue weighted by Gasteiger charge is -2.32. The van der Waals surface area contributed by atoms with Crippen molar-refractivity contribution in [3.8, 4) is 5.75 Å². The van der Waals surface area contributed by atoms with Crippen LogP contribution >= 0.6 is 0 Å². The molecule has 0 bridgehead atoms. The highest BCUT2D eigenvalue weighted by Crippen LogP contribution is 2.42. The molecule has 2 aromatic carbocycles. The van der Waals surface area contributed by atoms with Crippen molar-refractivity contribution in [2.45, 2.75) is 205 Å². The number of rotatable bonds is 22. The molecule has 4 rings (SSSR count). The van der Waals surface area contributed by atoms with Crippen molar-refractivity contribution in [1.82, 2.24) is 10.6 Å². The summed E-state index contributed by atoms with van der Waals surface area (Å²) in [6.45, 7) is 27.6. The van der Waals surface area contributed by atoms with Gasteiger partial charge in [-0.1, -0.05) is 143 Å². The van der Waals surface area contributed by atoms with E-state index in [0.29, 0.717) is 23.0 Å². The molecule has 1 aliphatic heterocycles. The van der Waals surface area contributed by atoms with E-state index in [1.165, 1.54) is 79.8 Å². The van der Waals surface area contributed by atoms with Gasteiger partial charge >= 0.3 is 6.36 Å². The number of unbranched alkanes of at least 4 members (excludes halogenated alkanes) is 2. The molecule has 0 aromatic heterocycles. The van der Waals surface area contributed by atoms with Gasteiger partial charge in [0.25, 0.3) is 0 Å². The van der Waals surface area contributed by atoms with Crippen molar-refractivity contribution in [2.75, 3.05) is 13.1 Å². The Balaban J connectivity index is 0.000000517. The predicted molar refractivity (Wildman–Crippen MR) is 272 cm³/mol. The Morgan fingerprint density at radius 2 is 1.52 bits per heavy atom. The summed E-state index contributed by atoms with van der Waals surface area (Å²) in [5.74, 6) is 1.43. The number of ketones is 1. The highest BCUT2D eigenvalue weighted by molar-refractivity contribution is 5.98. The number of halogens is 3. The summed E-state index contributed by atoms with van der Waals surface area (Å²) in [7, 11) is 0. The van der Waals surface area contributed by atoms with Gasteiger partial charge < -0.3 is 15.4 Å². The molecule has 1 aliphatic carbocycles. The van der Waals surface area contributed by atoms with Crippen LogP contribution in [0.1, 0.15) is 217 Å². The first-order chi connectivity index (χ1) is 30.9.